The van der Waals surface area contributed by atoms with Gasteiger partial charge in [-0.2, -0.15) is 5.26 Å². The highest BCUT2D eigenvalue weighted by atomic mass is 16.7. The van der Waals surface area contributed by atoms with Gasteiger partial charge in [-0.1, -0.05) is 6.07 Å². The molecule has 1 aliphatic rings. The Bertz CT molecular complexity index is 1220. The van der Waals surface area contributed by atoms with Gasteiger partial charge in [0.1, 0.15) is 5.75 Å². The number of benzene rings is 3. The van der Waals surface area contributed by atoms with E-state index >= 15 is 0 Å². The molecule has 0 atom stereocenters. The van der Waals surface area contributed by atoms with Crippen LogP contribution in [0.4, 0.5) is 0 Å². The average Bonchev–Trinajstić information content (AvgIpc) is 3.31. The van der Waals surface area contributed by atoms with E-state index in [1.54, 1.807) is 61.7 Å². The molecule has 7 heteroatoms. The van der Waals surface area contributed by atoms with Gasteiger partial charge in [0.05, 0.1) is 31.4 Å². The number of methoxy groups -OCH3 is 2. The van der Waals surface area contributed by atoms with Crippen LogP contribution in [0.5, 0.6) is 28.7 Å². The molecule has 0 N–H and O–H groups in total. The summed E-state index contributed by atoms with van der Waals surface area (Å²) in [6.07, 6.45) is 1.73. The third-order valence-corrected chi connectivity index (χ3v) is 4.83. The van der Waals surface area contributed by atoms with Crippen LogP contribution in [-0.4, -0.2) is 27.0 Å². The molecular formula is C25H19NO6. The lowest BCUT2D eigenvalue weighted by atomic mass is 10.0. The van der Waals surface area contributed by atoms with E-state index in [2.05, 4.69) is 6.07 Å². The van der Waals surface area contributed by atoms with E-state index < -0.39 is 5.97 Å². The number of nitrogens with zero attached hydrogens (tertiary/aromatic N) is 1. The minimum Gasteiger partial charge on any atom is -0.497 e. The second kappa shape index (κ2) is 9.14. The number of fused-ring (bicyclic) bond motifs is 1. The number of carbonyl (C=O) groups is 1. The smallest absolute Gasteiger partial charge is 0.343 e. The number of esters is 1. The topological polar surface area (TPSA) is 87.0 Å². The van der Waals surface area contributed by atoms with Crippen molar-refractivity contribution in [3.8, 4) is 34.8 Å². The van der Waals surface area contributed by atoms with Crippen LogP contribution in [0.3, 0.4) is 0 Å². The summed E-state index contributed by atoms with van der Waals surface area (Å²) >= 11 is 0. The summed E-state index contributed by atoms with van der Waals surface area (Å²) in [6.45, 7) is 0.123. The molecule has 1 aliphatic heterocycles. The largest absolute Gasteiger partial charge is 0.497 e. The van der Waals surface area contributed by atoms with Gasteiger partial charge >= 0.3 is 5.97 Å². The van der Waals surface area contributed by atoms with Crippen LogP contribution in [0.1, 0.15) is 21.5 Å². The van der Waals surface area contributed by atoms with Crippen molar-refractivity contribution >= 4 is 17.6 Å². The maximum Gasteiger partial charge on any atom is 0.343 e. The molecule has 3 aromatic rings. The first-order valence-corrected chi connectivity index (χ1v) is 9.67. The molecule has 160 valence electrons. The highest BCUT2D eigenvalue weighted by molar-refractivity contribution is 5.93. The molecule has 0 bridgehead atoms. The fourth-order valence-corrected chi connectivity index (χ4v) is 3.16. The highest BCUT2D eigenvalue weighted by Gasteiger charge is 2.18. The van der Waals surface area contributed by atoms with Crippen molar-refractivity contribution in [2.24, 2.45) is 0 Å². The lowest BCUT2D eigenvalue weighted by molar-refractivity contribution is 0.0729. The quantitative estimate of drug-likeness (QED) is 0.243. The number of hydrogen-bond acceptors (Lipinski definition) is 7. The van der Waals surface area contributed by atoms with Crippen molar-refractivity contribution in [3.05, 3.63) is 77.4 Å². The highest BCUT2D eigenvalue weighted by Crippen LogP contribution is 2.34. The third kappa shape index (κ3) is 4.35. The van der Waals surface area contributed by atoms with Crippen LogP contribution in [0.15, 0.2) is 60.7 Å². The zero-order valence-corrected chi connectivity index (χ0v) is 17.5. The maximum atomic E-state index is 12.6. The first-order chi connectivity index (χ1) is 15.6. The van der Waals surface area contributed by atoms with Crippen molar-refractivity contribution in [2.45, 2.75) is 0 Å². The SMILES string of the molecule is COc1ccc(/C(C#N)=C\c2ccc(OC(=O)c3ccc4c(c3)OCO4)c(OC)c2)cc1. The number of hydrogen-bond donors (Lipinski definition) is 0. The molecule has 7 nitrogen and oxygen atoms in total. The summed E-state index contributed by atoms with van der Waals surface area (Å²) in [5.41, 5.74) is 2.27. The molecule has 32 heavy (non-hydrogen) atoms. The average molecular weight is 429 g/mol. The van der Waals surface area contributed by atoms with Crippen LogP contribution in [0, 0.1) is 11.3 Å². The Kier molecular flexibility index (Phi) is 5.95. The van der Waals surface area contributed by atoms with E-state index in [4.69, 9.17) is 23.7 Å². The molecule has 4 rings (SSSR count). The number of ether oxygens (including phenoxy) is 5. The van der Waals surface area contributed by atoms with E-state index in [1.807, 2.05) is 12.1 Å². The van der Waals surface area contributed by atoms with Crippen LogP contribution < -0.4 is 23.7 Å². The number of nitriles is 1. The van der Waals surface area contributed by atoms with Crippen molar-refractivity contribution in [1.29, 1.82) is 5.26 Å². The van der Waals surface area contributed by atoms with Gasteiger partial charge in [0.25, 0.3) is 0 Å². The van der Waals surface area contributed by atoms with E-state index in [0.717, 1.165) is 11.1 Å². The molecule has 0 saturated carbocycles. The van der Waals surface area contributed by atoms with Crippen molar-refractivity contribution in [3.63, 3.8) is 0 Å². The predicted molar refractivity (Wildman–Crippen MR) is 117 cm³/mol. The monoisotopic (exact) mass is 429 g/mol. The summed E-state index contributed by atoms with van der Waals surface area (Å²) in [6, 6.07) is 19.3. The second-order valence-corrected chi connectivity index (χ2v) is 6.77. The van der Waals surface area contributed by atoms with Crippen LogP contribution in [0.2, 0.25) is 0 Å². The van der Waals surface area contributed by atoms with Crippen LogP contribution in [-0.2, 0) is 0 Å². The van der Waals surface area contributed by atoms with Gasteiger partial charge in [0, 0.05) is 0 Å². The second-order valence-electron chi connectivity index (χ2n) is 6.77. The Balaban J connectivity index is 1.56. The number of rotatable bonds is 6. The lowest BCUT2D eigenvalue weighted by Crippen LogP contribution is -2.09. The Morgan fingerprint density at radius 1 is 0.906 bits per heavy atom. The molecule has 0 unspecified atom stereocenters. The third-order valence-electron chi connectivity index (χ3n) is 4.83. The summed E-state index contributed by atoms with van der Waals surface area (Å²) < 4.78 is 26.6. The van der Waals surface area contributed by atoms with E-state index in [0.29, 0.717) is 34.1 Å². The van der Waals surface area contributed by atoms with Crippen LogP contribution in [0.25, 0.3) is 11.6 Å². The van der Waals surface area contributed by atoms with Crippen LogP contribution >= 0.6 is 0 Å². The standard InChI is InChI=1S/C25H19NO6/c1-28-20-7-4-17(5-8-20)19(14-26)11-16-3-9-22(23(12-16)29-2)32-25(27)18-6-10-21-24(13-18)31-15-30-21/h3-13H,15H2,1-2H3/b19-11-. The fourth-order valence-electron chi connectivity index (χ4n) is 3.16. The lowest BCUT2D eigenvalue weighted by Gasteiger charge is -2.11. The maximum absolute atomic E-state index is 12.6. The Labute approximate surface area is 185 Å². The van der Waals surface area contributed by atoms with Gasteiger partial charge in [0.15, 0.2) is 23.0 Å². The van der Waals surface area contributed by atoms with E-state index in [-0.39, 0.29) is 12.5 Å². The Hall–Kier alpha value is -4.44. The summed E-state index contributed by atoms with van der Waals surface area (Å²) in [7, 11) is 3.07. The van der Waals surface area contributed by atoms with Gasteiger partial charge in [-0.25, -0.2) is 4.79 Å². The minimum atomic E-state index is -0.555. The van der Waals surface area contributed by atoms with Gasteiger partial charge in [-0.3, -0.25) is 0 Å². The Morgan fingerprint density at radius 2 is 1.66 bits per heavy atom. The van der Waals surface area contributed by atoms with E-state index in [9.17, 15) is 10.1 Å². The normalized spacial score (nSPS) is 12.1. The minimum absolute atomic E-state index is 0.123. The van der Waals surface area contributed by atoms with Gasteiger partial charge in [0.2, 0.25) is 6.79 Å². The predicted octanol–water partition coefficient (Wildman–Crippen LogP) is 4.72. The zero-order chi connectivity index (χ0) is 22.5. The fraction of sp³-hybridized carbons (Fsp3) is 0.120. The van der Waals surface area contributed by atoms with E-state index in [1.165, 1.54) is 7.11 Å². The molecule has 0 aromatic heterocycles. The Morgan fingerprint density at radius 3 is 2.38 bits per heavy atom. The van der Waals surface area contributed by atoms with Gasteiger partial charge < -0.3 is 23.7 Å². The summed E-state index contributed by atoms with van der Waals surface area (Å²) in [5.74, 6) is 1.85. The first-order valence-electron chi connectivity index (χ1n) is 9.67. The zero-order valence-electron chi connectivity index (χ0n) is 17.5. The van der Waals surface area contributed by atoms with Gasteiger partial charge in [-0.05, 0) is 71.8 Å². The van der Waals surface area contributed by atoms with Crippen molar-refractivity contribution in [2.75, 3.05) is 21.0 Å². The molecular weight excluding hydrogens is 410 g/mol. The van der Waals surface area contributed by atoms with Crippen molar-refractivity contribution in [1.82, 2.24) is 0 Å². The molecule has 3 aromatic carbocycles. The van der Waals surface area contributed by atoms with Gasteiger partial charge in [-0.15, -0.1) is 0 Å². The number of allylic oxidation sites excluding steroid dienone is 1. The molecule has 0 radical (unpaired) electrons. The summed E-state index contributed by atoms with van der Waals surface area (Å²) in [4.78, 5) is 12.6. The molecule has 0 amide bonds. The van der Waals surface area contributed by atoms with Crippen molar-refractivity contribution < 1.29 is 28.5 Å². The summed E-state index contributed by atoms with van der Waals surface area (Å²) in [5, 5.41) is 9.59. The molecule has 0 saturated heterocycles. The molecule has 0 fully saturated rings. The number of carbonyl (C=O) groups excluding carboxylic acids is 1. The molecule has 0 aliphatic carbocycles. The molecule has 0 spiro atoms. The first kappa shape index (κ1) is 20.8. The molecule has 1 heterocycles.